The fourth-order valence-electron chi connectivity index (χ4n) is 4.90. The van der Waals surface area contributed by atoms with Crippen molar-refractivity contribution in [2.24, 2.45) is 11.8 Å². The van der Waals surface area contributed by atoms with Crippen molar-refractivity contribution >= 4 is 0 Å². The van der Waals surface area contributed by atoms with Crippen molar-refractivity contribution in [1.82, 2.24) is 9.80 Å². The van der Waals surface area contributed by atoms with Gasteiger partial charge in [0.15, 0.2) is 0 Å². The lowest BCUT2D eigenvalue weighted by Gasteiger charge is -2.33. The molecular weight excluding hydrogens is 296 g/mol. The van der Waals surface area contributed by atoms with E-state index in [4.69, 9.17) is 0 Å². The Hall–Kier alpha value is -0.120. The Bertz CT molecular complexity index is 297. The van der Waals surface area contributed by atoms with E-state index in [1.165, 1.54) is 64.2 Å². The van der Waals surface area contributed by atoms with Crippen molar-refractivity contribution in [3.8, 4) is 0 Å². The molecule has 0 amide bonds. The lowest BCUT2D eigenvalue weighted by molar-refractivity contribution is 0.116. The maximum Gasteiger partial charge on any atom is 0.0540 e. The number of aliphatic hydroxyl groups excluding tert-OH is 1. The number of hydrogen-bond acceptors (Lipinski definition) is 3. The summed E-state index contributed by atoms with van der Waals surface area (Å²) in [5.41, 5.74) is 0. The zero-order valence-corrected chi connectivity index (χ0v) is 16.7. The number of hydrogen-bond donors (Lipinski definition) is 1. The fourth-order valence-corrected chi connectivity index (χ4v) is 4.90. The van der Waals surface area contributed by atoms with Gasteiger partial charge in [-0.3, -0.25) is 0 Å². The van der Waals surface area contributed by atoms with E-state index < -0.39 is 0 Å². The van der Waals surface area contributed by atoms with Crippen LogP contribution in [0.4, 0.5) is 0 Å². The average molecular weight is 339 g/mol. The van der Waals surface area contributed by atoms with Crippen LogP contribution in [0.25, 0.3) is 0 Å². The van der Waals surface area contributed by atoms with Crippen LogP contribution >= 0.6 is 0 Å². The van der Waals surface area contributed by atoms with E-state index in [0.29, 0.717) is 0 Å². The molecule has 0 aromatic rings. The summed E-state index contributed by atoms with van der Waals surface area (Å²) in [5.74, 6) is 1.73. The molecule has 0 atom stereocenters. The van der Waals surface area contributed by atoms with Crippen LogP contribution in [0.3, 0.4) is 0 Å². The normalized spacial score (nSPS) is 33.1. The van der Waals surface area contributed by atoms with E-state index in [0.717, 1.165) is 36.8 Å². The largest absolute Gasteiger partial charge is 0.393 e. The third kappa shape index (κ3) is 6.65. The van der Waals surface area contributed by atoms with Crippen LogP contribution in [-0.2, 0) is 0 Å². The first-order valence-corrected chi connectivity index (χ1v) is 10.5. The second-order valence-electron chi connectivity index (χ2n) is 9.08. The predicted octanol–water partition coefficient (Wildman–Crippen LogP) is 4.15. The van der Waals surface area contributed by atoms with Gasteiger partial charge in [0.1, 0.15) is 0 Å². The van der Waals surface area contributed by atoms with Gasteiger partial charge in [0, 0.05) is 12.1 Å². The van der Waals surface area contributed by atoms with Crippen molar-refractivity contribution in [1.29, 1.82) is 0 Å². The molecule has 3 heteroatoms. The molecule has 2 aliphatic rings. The highest BCUT2D eigenvalue weighted by molar-refractivity contribution is 4.79. The molecule has 24 heavy (non-hydrogen) atoms. The predicted molar refractivity (Wildman–Crippen MR) is 103 cm³/mol. The minimum Gasteiger partial charge on any atom is -0.393 e. The molecule has 0 aromatic heterocycles. The second kappa shape index (κ2) is 10.1. The molecule has 0 aromatic carbocycles. The molecule has 3 nitrogen and oxygen atoms in total. The summed E-state index contributed by atoms with van der Waals surface area (Å²) in [5, 5.41) is 10.4. The number of rotatable bonds is 8. The first-order valence-electron chi connectivity index (χ1n) is 10.5. The molecule has 1 N–H and O–H groups in total. The van der Waals surface area contributed by atoms with Gasteiger partial charge in [-0.15, -0.1) is 0 Å². The quantitative estimate of drug-likeness (QED) is 0.720. The molecule has 0 aliphatic heterocycles. The summed E-state index contributed by atoms with van der Waals surface area (Å²) in [7, 11) is 8.84. The van der Waals surface area contributed by atoms with E-state index >= 15 is 0 Å². The third-order valence-corrected chi connectivity index (χ3v) is 6.91. The molecule has 2 rings (SSSR count). The van der Waals surface area contributed by atoms with Gasteiger partial charge in [-0.2, -0.15) is 0 Å². The van der Waals surface area contributed by atoms with Crippen molar-refractivity contribution < 1.29 is 5.11 Å². The summed E-state index contributed by atoms with van der Waals surface area (Å²) in [6.45, 7) is 0. The topological polar surface area (TPSA) is 26.7 Å². The monoisotopic (exact) mass is 338 g/mol. The maximum atomic E-state index is 10.4. The molecule has 2 fully saturated rings. The Morgan fingerprint density at radius 1 is 0.667 bits per heavy atom. The minimum atomic E-state index is -0.0526. The standard InChI is InChI=1S/C21H42N2O/c1-22(2)19-11-5-17(6-12-19)9-15-21(24)16-10-18-7-13-20(14-8-18)23(3)4/h17-21,24H,5-16H2,1-4H3. The van der Waals surface area contributed by atoms with E-state index in [-0.39, 0.29) is 6.10 Å². The highest BCUT2D eigenvalue weighted by Crippen LogP contribution is 2.32. The molecule has 0 radical (unpaired) electrons. The Morgan fingerprint density at radius 3 is 1.29 bits per heavy atom. The number of nitrogens with zero attached hydrogens (tertiary/aromatic N) is 2. The second-order valence-corrected chi connectivity index (χ2v) is 9.08. The zero-order valence-electron chi connectivity index (χ0n) is 16.7. The van der Waals surface area contributed by atoms with Crippen molar-refractivity contribution in [2.75, 3.05) is 28.2 Å². The Balaban J connectivity index is 1.54. The Labute approximate surface area is 150 Å². The zero-order chi connectivity index (χ0) is 17.5. The number of aliphatic hydroxyl groups is 1. The van der Waals surface area contributed by atoms with Crippen molar-refractivity contribution in [2.45, 2.75) is 95.2 Å². The summed E-state index contributed by atoms with van der Waals surface area (Å²) in [6, 6.07) is 1.59. The van der Waals surface area contributed by atoms with Gasteiger partial charge in [0.25, 0.3) is 0 Å². The van der Waals surface area contributed by atoms with Gasteiger partial charge in [-0.05, 0) is 117 Å². The lowest BCUT2D eigenvalue weighted by atomic mass is 9.81. The first-order chi connectivity index (χ1) is 11.5. The minimum absolute atomic E-state index is 0.0526. The van der Waals surface area contributed by atoms with Gasteiger partial charge in [0.2, 0.25) is 0 Å². The van der Waals surface area contributed by atoms with Crippen LogP contribution in [0.2, 0.25) is 0 Å². The van der Waals surface area contributed by atoms with Crippen LogP contribution in [-0.4, -0.2) is 61.3 Å². The lowest BCUT2D eigenvalue weighted by Crippen LogP contribution is -2.32. The molecular formula is C21H42N2O. The van der Waals surface area contributed by atoms with E-state index in [9.17, 15) is 5.11 Å². The maximum absolute atomic E-state index is 10.4. The van der Waals surface area contributed by atoms with Crippen LogP contribution < -0.4 is 0 Å². The van der Waals surface area contributed by atoms with E-state index in [1.807, 2.05) is 0 Å². The molecule has 142 valence electrons. The van der Waals surface area contributed by atoms with Crippen LogP contribution in [0.15, 0.2) is 0 Å². The molecule has 0 bridgehead atoms. The van der Waals surface area contributed by atoms with Gasteiger partial charge in [0.05, 0.1) is 6.10 Å². The Morgan fingerprint density at radius 2 is 1.00 bits per heavy atom. The average Bonchev–Trinajstić information content (AvgIpc) is 2.58. The van der Waals surface area contributed by atoms with E-state index in [1.54, 1.807) is 0 Å². The highest BCUT2D eigenvalue weighted by atomic mass is 16.3. The SMILES string of the molecule is CN(C)C1CCC(CCC(O)CCC2CCC(N(C)C)CC2)CC1. The van der Waals surface area contributed by atoms with Crippen molar-refractivity contribution in [3.63, 3.8) is 0 Å². The summed E-state index contributed by atoms with van der Waals surface area (Å²) in [4.78, 5) is 4.77. The molecule has 2 aliphatic carbocycles. The molecule has 0 heterocycles. The fraction of sp³-hybridized carbons (Fsp3) is 1.00. The van der Waals surface area contributed by atoms with Gasteiger partial charge >= 0.3 is 0 Å². The van der Waals surface area contributed by atoms with Crippen molar-refractivity contribution in [3.05, 3.63) is 0 Å². The Kier molecular flexibility index (Phi) is 8.53. The van der Waals surface area contributed by atoms with Gasteiger partial charge in [-0.1, -0.05) is 0 Å². The van der Waals surface area contributed by atoms with Gasteiger partial charge in [-0.25, -0.2) is 0 Å². The molecule has 2 saturated carbocycles. The molecule has 0 saturated heterocycles. The summed E-state index contributed by atoms with van der Waals surface area (Å²) < 4.78 is 0. The van der Waals surface area contributed by atoms with Crippen LogP contribution in [0.1, 0.15) is 77.0 Å². The van der Waals surface area contributed by atoms with Crippen LogP contribution in [0.5, 0.6) is 0 Å². The summed E-state index contributed by atoms with van der Waals surface area (Å²) >= 11 is 0. The van der Waals surface area contributed by atoms with E-state index in [2.05, 4.69) is 38.0 Å². The van der Waals surface area contributed by atoms with Crippen LogP contribution in [0, 0.1) is 11.8 Å². The van der Waals surface area contributed by atoms with Gasteiger partial charge < -0.3 is 14.9 Å². The molecule has 0 unspecified atom stereocenters. The third-order valence-electron chi connectivity index (χ3n) is 6.91. The summed E-state index contributed by atoms with van der Waals surface area (Å²) in [6.07, 6.45) is 15.4. The highest BCUT2D eigenvalue weighted by Gasteiger charge is 2.24. The smallest absolute Gasteiger partial charge is 0.0540 e. The molecule has 0 spiro atoms. The first kappa shape index (κ1) is 20.2.